The molecule has 0 aliphatic heterocycles. The molecule has 1 unspecified atom stereocenters. The molecule has 0 aliphatic rings. The van der Waals surface area contributed by atoms with Crippen LogP contribution in [0.1, 0.15) is 43.6 Å². The van der Waals surface area contributed by atoms with Gasteiger partial charge in [-0.1, -0.05) is 42.8 Å². The molecule has 0 fully saturated rings. The standard InChI is InChI=1S/C17H24BrN3/c1-11(2)19-10-12(3)17-13(4)20-21(14(17)5)16-8-6-7-15(18)9-16/h6-9,11-12,19H,10H2,1-5H3. The molecular formula is C17H24BrN3. The van der Waals surface area contributed by atoms with Gasteiger partial charge in [-0.3, -0.25) is 0 Å². The fraction of sp³-hybridized carbons (Fsp3) is 0.471. The SMILES string of the molecule is Cc1nn(-c2cccc(Br)c2)c(C)c1C(C)CNC(C)C. The quantitative estimate of drug-likeness (QED) is 0.869. The zero-order chi connectivity index (χ0) is 15.6. The Hall–Kier alpha value is -1.13. The summed E-state index contributed by atoms with van der Waals surface area (Å²) in [6.45, 7) is 11.8. The first-order chi connectivity index (χ1) is 9.90. The zero-order valence-corrected chi connectivity index (χ0v) is 15.0. The Morgan fingerprint density at radius 1 is 1.24 bits per heavy atom. The van der Waals surface area contributed by atoms with Crippen LogP contribution in [-0.4, -0.2) is 22.4 Å². The van der Waals surface area contributed by atoms with Crippen molar-refractivity contribution in [3.63, 3.8) is 0 Å². The second-order valence-corrected chi connectivity index (χ2v) is 6.86. The Morgan fingerprint density at radius 3 is 2.57 bits per heavy atom. The van der Waals surface area contributed by atoms with E-state index in [0.29, 0.717) is 12.0 Å². The highest BCUT2D eigenvalue weighted by Crippen LogP contribution is 2.26. The molecule has 0 aliphatic carbocycles. The van der Waals surface area contributed by atoms with E-state index < -0.39 is 0 Å². The van der Waals surface area contributed by atoms with Gasteiger partial charge in [0.05, 0.1) is 11.4 Å². The summed E-state index contributed by atoms with van der Waals surface area (Å²) >= 11 is 3.53. The highest BCUT2D eigenvalue weighted by atomic mass is 79.9. The maximum Gasteiger partial charge on any atom is 0.0660 e. The number of rotatable bonds is 5. The maximum absolute atomic E-state index is 4.74. The molecule has 0 saturated carbocycles. The molecular weight excluding hydrogens is 326 g/mol. The average Bonchev–Trinajstić information content (AvgIpc) is 2.71. The summed E-state index contributed by atoms with van der Waals surface area (Å²) in [4.78, 5) is 0. The molecule has 0 bridgehead atoms. The number of aromatic nitrogens is 2. The van der Waals surface area contributed by atoms with E-state index >= 15 is 0 Å². The molecule has 114 valence electrons. The number of nitrogens with one attached hydrogen (secondary N) is 1. The van der Waals surface area contributed by atoms with Gasteiger partial charge >= 0.3 is 0 Å². The second-order valence-electron chi connectivity index (χ2n) is 5.94. The summed E-state index contributed by atoms with van der Waals surface area (Å²) in [5.74, 6) is 0.452. The summed E-state index contributed by atoms with van der Waals surface area (Å²) in [6.07, 6.45) is 0. The zero-order valence-electron chi connectivity index (χ0n) is 13.4. The normalized spacial score (nSPS) is 12.9. The van der Waals surface area contributed by atoms with E-state index in [1.54, 1.807) is 0 Å². The van der Waals surface area contributed by atoms with Gasteiger partial charge in [-0.25, -0.2) is 4.68 Å². The molecule has 0 radical (unpaired) electrons. The molecule has 0 saturated heterocycles. The predicted octanol–water partition coefficient (Wildman–Crippen LogP) is 4.35. The van der Waals surface area contributed by atoms with Crippen LogP contribution in [-0.2, 0) is 0 Å². The predicted molar refractivity (Wildman–Crippen MR) is 92.3 cm³/mol. The van der Waals surface area contributed by atoms with E-state index in [2.05, 4.69) is 68.0 Å². The van der Waals surface area contributed by atoms with E-state index in [-0.39, 0.29) is 0 Å². The lowest BCUT2D eigenvalue weighted by Gasteiger charge is -2.16. The van der Waals surface area contributed by atoms with Gasteiger partial charge in [-0.15, -0.1) is 0 Å². The van der Waals surface area contributed by atoms with Crippen molar-refractivity contribution in [2.45, 2.75) is 46.6 Å². The van der Waals surface area contributed by atoms with Gasteiger partial charge in [-0.2, -0.15) is 5.10 Å². The summed E-state index contributed by atoms with van der Waals surface area (Å²) in [7, 11) is 0. The lowest BCUT2D eigenvalue weighted by molar-refractivity contribution is 0.546. The van der Waals surface area contributed by atoms with Crippen molar-refractivity contribution in [3.05, 3.63) is 45.7 Å². The monoisotopic (exact) mass is 349 g/mol. The van der Waals surface area contributed by atoms with Crippen molar-refractivity contribution in [1.29, 1.82) is 0 Å². The van der Waals surface area contributed by atoms with Crippen molar-refractivity contribution >= 4 is 15.9 Å². The van der Waals surface area contributed by atoms with E-state index in [9.17, 15) is 0 Å². The molecule has 0 spiro atoms. The minimum Gasteiger partial charge on any atom is -0.314 e. The van der Waals surface area contributed by atoms with Crippen LogP contribution in [0.5, 0.6) is 0 Å². The molecule has 2 rings (SSSR count). The van der Waals surface area contributed by atoms with Crippen molar-refractivity contribution in [2.24, 2.45) is 0 Å². The number of halogens is 1. The first-order valence-electron chi connectivity index (χ1n) is 7.45. The van der Waals surface area contributed by atoms with E-state index in [1.165, 1.54) is 11.3 Å². The van der Waals surface area contributed by atoms with Crippen molar-refractivity contribution in [2.75, 3.05) is 6.54 Å². The number of nitrogens with zero attached hydrogens (tertiary/aromatic N) is 2. The molecule has 3 nitrogen and oxygen atoms in total. The van der Waals surface area contributed by atoms with E-state index in [4.69, 9.17) is 5.10 Å². The third-order valence-corrected chi connectivity index (χ3v) is 4.22. The first-order valence-corrected chi connectivity index (χ1v) is 8.25. The molecule has 1 N–H and O–H groups in total. The summed E-state index contributed by atoms with van der Waals surface area (Å²) < 4.78 is 3.12. The first kappa shape index (κ1) is 16.2. The lowest BCUT2D eigenvalue weighted by Crippen LogP contribution is -2.27. The number of hydrogen-bond acceptors (Lipinski definition) is 2. The van der Waals surface area contributed by atoms with Crippen LogP contribution in [0.15, 0.2) is 28.7 Å². The average molecular weight is 350 g/mol. The van der Waals surface area contributed by atoms with Gasteiger partial charge in [0.2, 0.25) is 0 Å². The smallest absolute Gasteiger partial charge is 0.0660 e. The van der Waals surface area contributed by atoms with Gasteiger partial charge < -0.3 is 5.32 Å². The number of aryl methyl sites for hydroxylation is 1. The van der Waals surface area contributed by atoms with Gasteiger partial charge in [-0.05, 0) is 38.0 Å². The summed E-state index contributed by atoms with van der Waals surface area (Å²) in [5, 5.41) is 8.25. The second kappa shape index (κ2) is 6.75. The largest absolute Gasteiger partial charge is 0.314 e. The van der Waals surface area contributed by atoms with Gasteiger partial charge in [0.25, 0.3) is 0 Å². The highest BCUT2D eigenvalue weighted by molar-refractivity contribution is 9.10. The van der Waals surface area contributed by atoms with Crippen LogP contribution in [0.25, 0.3) is 5.69 Å². The third kappa shape index (κ3) is 3.74. The van der Waals surface area contributed by atoms with Crippen LogP contribution in [0.3, 0.4) is 0 Å². The Morgan fingerprint density at radius 2 is 1.95 bits per heavy atom. The van der Waals surface area contributed by atoms with Crippen LogP contribution >= 0.6 is 15.9 Å². The summed E-state index contributed by atoms with van der Waals surface area (Å²) in [6, 6.07) is 8.77. The van der Waals surface area contributed by atoms with Gasteiger partial charge in [0.15, 0.2) is 0 Å². The van der Waals surface area contributed by atoms with Crippen LogP contribution in [0, 0.1) is 13.8 Å². The van der Waals surface area contributed by atoms with E-state index in [0.717, 1.165) is 22.4 Å². The molecule has 1 aromatic carbocycles. The minimum absolute atomic E-state index is 0.452. The Balaban J connectivity index is 2.33. The number of hydrogen-bond donors (Lipinski definition) is 1. The molecule has 4 heteroatoms. The topological polar surface area (TPSA) is 29.9 Å². The highest BCUT2D eigenvalue weighted by Gasteiger charge is 2.18. The fourth-order valence-electron chi connectivity index (χ4n) is 2.74. The fourth-order valence-corrected chi connectivity index (χ4v) is 3.13. The Bertz CT molecular complexity index is 616. The lowest BCUT2D eigenvalue weighted by atomic mass is 9.99. The number of benzene rings is 1. The molecule has 0 amide bonds. The Kier molecular flexibility index (Phi) is 5.22. The van der Waals surface area contributed by atoms with E-state index in [1.807, 2.05) is 16.8 Å². The van der Waals surface area contributed by atoms with Gasteiger partial charge in [0, 0.05) is 28.3 Å². The molecule has 1 heterocycles. The van der Waals surface area contributed by atoms with Gasteiger partial charge in [0.1, 0.15) is 0 Å². The Labute approximate surface area is 135 Å². The third-order valence-electron chi connectivity index (χ3n) is 3.73. The molecule has 2 aromatic rings. The van der Waals surface area contributed by atoms with Crippen LogP contribution in [0.4, 0.5) is 0 Å². The minimum atomic E-state index is 0.452. The van der Waals surface area contributed by atoms with Crippen molar-refractivity contribution in [1.82, 2.24) is 15.1 Å². The van der Waals surface area contributed by atoms with Crippen molar-refractivity contribution in [3.8, 4) is 5.69 Å². The van der Waals surface area contributed by atoms with Crippen LogP contribution < -0.4 is 5.32 Å². The maximum atomic E-state index is 4.74. The van der Waals surface area contributed by atoms with Crippen LogP contribution in [0.2, 0.25) is 0 Å². The molecule has 1 aromatic heterocycles. The summed E-state index contributed by atoms with van der Waals surface area (Å²) in [5.41, 5.74) is 4.79. The molecule has 21 heavy (non-hydrogen) atoms. The van der Waals surface area contributed by atoms with Crippen molar-refractivity contribution < 1.29 is 0 Å². The molecule has 1 atom stereocenters.